The summed E-state index contributed by atoms with van der Waals surface area (Å²) in [6, 6.07) is 8.63. The summed E-state index contributed by atoms with van der Waals surface area (Å²) in [6.07, 6.45) is 7.00. The van der Waals surface area contributed by atoms with Crippen molar-refractivity contribution in [2.24, 2.45) is 23.2 Å². The second-order valence-corrected chi connectivity index (χ2v) is 7.48. The monoisotopic (exact) mass is 279 g/mol. The fourth-order valence-corrected chi connectivity index (χ4v) is 4.11. The Bertz CT molecular complexity index is 691. The molecule has 2 heteroatoms. The molecule has 0 radical (unpaired) electrons. The molecule has 1 aromatic carbocycles. The van der Waals surface area contributed by atoms with Gasteiger partial charge in [0.05, 0.1) is 6.20 Å². The van der Waals surface area contributed by atoms with Crippen LogP contribution in [0.1, 0.15) is 32.8 Å². The Balaban J connectivity index is 1.60. The maximum Gasteiger partial charge on any atom is 0.181 e. The van der Waals surface area contributed by atoms with E-state index in [-0.39, 0.29) is 0 Å². The molecule has 0 N–H and O–H groups in total. The van der Waals surface area contributed by atoms with Gasteiger partial charge in [0, 0.05) is 5.56 Å². The Morgan fingerprint density at radius 1 is 1.19 bits per heavy atom. The zero-order chi connectivity index (χ0) is 14.6. The van der Waals surface area contributed by atoms with Crippen LogP contribution in [0.2, 0.25) is 0 Å². The van der Waals surface area contributed by atoms with Crippen LogP contribution in [0.4, 0.5) is 0 Å². The molecule has 21 heavy (non-hydrogen) atoms. The molecular weight excluding hydrogens is 258 g/mol. The molecule has 2 aliphatic carbocycles. The smallest absolute Gasteiger partial charge is 0.181 e. The normalized spacial score (nSPS) is 27.4. The van der Waals surface area contributed by atoms with Gasteiger partial charge in [0.15, 0.2) is 12.2 Å². The van der Waals surface area contributed by atoms with Gasteiger partial charge in [0.25, 0.3) is 0 Å². The van der Waals surface area contributed by atoms with Gasteiger partial charge in [-0.3, -0.25) is 0 Å². The minimum atomic E-state index is 0.444. The lowest BCUT2D eigenvalue weighted by Gasteiger charge is -2.20. The number of aromatic nitrogens is 1. The van der Waals surface area contributed by atoms with Crippen molar-refractivity contribution in [1.82, 2.24) is 4.98 Å². The Morgan fingerprint density at radius 2 is 2.00 bits per heavy atom. The van der Waals surface area contributed by atoms with Gasteiger partial charge < -0.3 is 4.42 Å². The fourth-order valence-electron chi connectivity index (χ4n) is 4.11. The molecule has 0 bridgehead atoms. The SMILES string of the molecule is CC(C)(C)C1C2CC(c3cccc(-c4cnco4)c3)=C[C@@H]21. The molecule has 4 rings (SSSR count). The Kier molecular flexibility index (Phi) is 2.66. The number of fused-ring (bicyclic) bond motifs is 1. The zero-order valence-corrected chi connectivity index (χ0v) is 12.8. The number of oxazole rings is 1. The summed E-state index contributed by atoms with van der Waals surface area (Å²) in [5.74, 6) is 3.38. The van der Waals surface area contributed by atoms with Crippen LogP contribution >= 0.6 is 0 Å². The third kappa shape index (κ3) is 2.14. The van der Waals surface area contributed by atoms with Gasteiger partial charge in [-0.1, -0.05) is 45.0 Å². The second-order valence-electron chi connectivity index (χ2n) is 7.48. The first kappa shape index (κ1) is 12.9. The summed E-state index contributed by atoms with van der Waals surface area (Å²) in [7, 11) is 0. The van der Waals surface area contributed by atoms with E-state index in [1.54, 1.807) is 6.20 Å². The fraction of sp³-hybridized carbons (Fsp3) is 0.421. The van der Waals surface area contributed by atoms with Crippen molar-refractivity contribution >= 4 is 5.57 Å². The van der Waals surface area contributed by atoms with Crippen LogP contribution < -0.4 is 0 Å². The van der Waals surface area contributed by atoms with Crippen molar-refractivity contribution in [3.8, 4) is 11.3 Å². The third-order valence-corrected chi connectivity index (χ3v) is 5.03. The van der Waals surface area contributed by atoms with Crippen LogP contribution in [-0.4, -0.2) is 4.98 Å². The summed E-state index contributed by atoms with van der Waals surface area (Å²) in [4.78, 5) is 4.00. The number of allylic oxidation sites excluding steroid dienone is 2. The molecule has 0 aliphatic heterocycles. The molecule has 2 aromatic rings. The van der Waals surface area contributed by atoms with Crippen molar-refractivity contribution in [3.05, 3.63) is 48.5 Å². The standard InChI is InChI=1S/C19H21NO/c1-19(2,3)18-15-8-14(9-16(15)18)12-5-4-6-13(7-12)17-10-20-11-21-17/h4-8,10-11,15-16,18H,9H2,1-3H3/t15-,16?,18?/m0/s1. The van der Waals surface area contributed by atoms with Crippen molar-refractivity contribution < 1.29 is 4.42 Å². The van der Waals surface area contributed by atoms with Crippen LogP contribution in [0, 0.1) is 23.2 Å². The highest BCUT2D eigenvalue weighted by Gasteiger charge is 2.56. The lowest BCUT2D eigenvalue weighted by Crippen LogP contribution is -2.11. The molecule has 1 heterocycles. The van der Waals surface area contributed by atoms with Crippen molar-refractivity contribution in [2.45, 2.75) is 27.2 Å². The largest absolute Gasteiger partial charge is 0.444 e. The van der Waals surface area contributed by atoms with Gasteiger partial charge in [-0.2, -0.15) is 0 Å². The van der Waals surface area contributed by atoms with Crippen LogP contribution in [0.5, 0.6) is 0 Å². The van der Waals surface area contributed by atoms with E-state index in [4.69, 9.17) is 4.42 Å². The molecule has 1 saturated carbocycles. The summed E-state index contributed by atoms with van der Waals surface area (Å²) < 4.78 is 5.40. The molecule has 0 spiro atoms. The summed E-state index contributed by atoms with van der Waals surface area (Å²) in [5.41, 5.74) is 4.40. The van der Waals surface area contributed by atoms with Crippen LogP contribution in [0.15, 0.2) is 47.3 Å². The predicted molar refractivity (Wildman–Crippen MR) is 84.5 cm³/mol. The van der Waals surface area contributed by atoms with E-state index in [0.717, 1.165) is 29.1 Å². The molecule has 3 atom stereocenters. The Morgan fingerprint density at radius 3 is 2.62 bits per heavy atom. The van der Waals surface area contributed by atoms with Crippen LogP contribution in [0.3, 0.4) is 0 Å². The molecule has 108 valence electrons. The van der Waals surface area contributed by atoms with Crippen LogP contribution in [0.25, 0.3) is 16.9 Å². The molecule has 2 nitrogen and oxygen atoms in total. The predicted octanol–water partition coefficient (Wildman–Crippen LogP) is 5.04. The second kappa shape index (κ2) is 4.33. The van der Waals surface area contributed by atoms with Gasteiger partial charge in [-0.25, -0.2) is 4.98 Å². The number of hydrogen-bond donors (Lipinski definition) is 0. The van der Waals surface area contributed by atoms with E-state index in [9.17, 15) is 0 Å². The minimum Gasteiger partial charge on any atom is -0.444 e. The summed E-state index contributed by atoms with van der Waals surface area (Å²) in [5, 5.41) is 0. The molecule has 2 aliphatic rings. The van der Waals surface area contributed by atoms with Gasteiger partial charge in [-0.15, -0.1) is 0 Å². The van der Waals surface area contributed by atoms with Crippen molar-refractivity contribution in [1.29, 1.82) is 0 Å². The highest BCUT2D eigenvalue weighted by molar-refractivity contribution is 5.73. The number of rotatable bonds is 2. The highest BCUT2D eigenvalue weighted by Crippen LogP contribution is 2.64. The van der Waals surface area contributed by atoms with Crippen molar-refractivity contribution in [2.75, 3.05) is 0 Å². The average molecular weight is 279 g/mol. The highest BCUT2D eigenvalue weighted by atomic mass is 16.3. The average Bonchev–Trinajstić information content (AvgIpc) is 2.88. The molecule has 0 amide bonds. The van der Waals surface area contributed by atoms with E-state index in [0.29, 0.717) is 5.41 Å². The van der Waals surface area contributed by atoms with Crippen LogP contribution in [-0.2, 0) is 0 Å². The van der Waals surface area contributed by atoms with Gasteiger partial charge in [0.2, 0.25) is 0 Å². The Labute approximate surface area is 125 Å². The molecule has 1 fully saturated rings. The van der Waals surface area contributed by atoms with Gasteiger partial charge in [0.1, 0.15) is 0 Å². The molecule has 0 saturated heterocycles. The number of benzene rings is 1. The lowest BCUT2D eigenvalue weighted by molar-refractivity contribution is 0.322. The van der Waals surface area contributed by atoms with E-state index >= 15 is 0 Å². The van der Waals surface area contributed by atoms with Crippen molar-refractivity contribution in [3.63, 3.8) is 0 Å². The summed E-state index contributed by atoms with van der Waals surface area (Å²) >= 11 is 0. The maximum atomic E-state index is 5.40. The van der Waals surface area contributed by atoms with E-state index in [1.807, 2.05) is 0 Å². The molecule has 1 aromatic heterocycles. The summed E-state index contributed by atoms with van der Waals surface area (Å²) in [6.45, 7) is 7.11. The van der Waals surface area contributed by atoms with Gasteiger partial charge >= 0.3 is 0 Å². The minimum absolute atomic E-state index is 0.444. The Hall–Kier alpha value is -1.83. The number of nitrogens with zero attached hydrogens (tertiary/aromatic N) is 1. The maximum absolute atomic E-state index is 5.40. The molecular formula is C19H21NO. The number of hydrogen-bond acceptors (Lipinski definition) is 2. The first-order valence-electron chi connectivity index (χ1n) is 7.74. The lowest BCUT2D eigenvalue weighted by atomic mass is 9.85. The topological polar surface area (TPSA) is 26.0 Å². The van der Waals surface area contributed by atoms with Gasteiger partial charge in [-0.05, 0) is 46.8 Å². The molecule has 2 unspecified atom stereocenters. The quantitative estimate of drug-likeness (QED) is 0.770. The third-order valence-electron chi connectivity index (χ3n) is 5.03. The van der Waals surface area contributed by atoms with E-state index in [2.05, 4.69) is 56.1 Å². The zero-order valence-electron chi connectivity index (χ0n) is 12.8. The van der Waals surface area contributed by atoms with E-state index < -0.39 is 0 Å². The first-order chi connectivity index (χ1) is 10.0. The van der Waals surface area contributed by atoms with E-state index in [1.165, 1.54) is 24.0 Å². The first-order valence-corrected chi connectivity index (χ1v) is 7.74.